The van der Waals surface area contributed by atoms with E-state index in [2.05, 4.69) is 11.9 Å². The van der Waals surface area contributed by atoms with Crippen LogP contribution in [0.5, 0.6) is 11.5 Å². The minimum absolute atomic E-state index is 0.183. The first-order valence-electron chi connectivity index (χ1n) is 10.4. The molecule has 1 aromatic heterocycles. The van der Waals surface area contributed by atoms with Crippen molar-refractivity contribution in [2.24, 2.45) is 7.05 Å². The Bertz CT molecular complexity index is 1390. The normalized spacial score (nSPS) is 11.2. The number of hydrogen-bond donors (Lipinski definition) is 1. The first kappa shape index (κ1) is 25.0. The summed E-state index contributed by atoms with van der Waals surface area (Å²) in [6.07, 6.45) is 2.10. The fraction of sp³-hybridized carbons (Fsp3) is 0.208. The molecule has 0 atom stereocenters. The third kappa shape index (κ3) is 5.12. The SMILES string of the molecule is C=CS(=O)(=O)N(CCC)c1ccc(Oc2ccc(F)cc2F)c(-c2cc(NC)c(=O)n(C)c2)c1. The molecule has 10 heteroatoms. The van der Waals surface area contributed by atoms with E-state index >= 15 is 0 Å². The molecule has 34 heavy (non-hydrogen) atoms. The molecule has 0 spiro atoms. The number of aromatic nitrogens is 1. The molecule has 1 N–H and O–H groups in total. The Balaban J connectivity index is 2.25. The highest BCUT2D eigenvalue weighted by molar-refractivity contribution is 7.95. The van der Waals surface area contributed by atoms with Gasteiger partial charge in [-0.3, -0.25) is 9.10 Å². The maximum absolute atomic E-state index is 14.3. The van der Waals surface area contributed by atoms with Gasteiger partial charge in [-0.1, -0.05) is 13.5 Å². The third-order valence-electron chi connectivity index (χ3n) is 5.07. The van der Waals surface area contributed by atoms with Crippen LogP contribution in [0.15, 0.2) is 65.4 Å². The number of rotatable bonds is 9. The van der Waals surface area contributed by atoms with Crippen LogP contribution < -0.4 is 19.9 Å². The van der Waals surface area contributed by atoms with Crippen molar-refractivity contribution in [1.82, 2.24) is 4.57 Å². The van der Waals surface area contributed by atoms with Gasteiger partial charge in [-0.2, -0.15) is 0 Å². The van der Waals surface area contributed by atoms with E-state index in [0.717, 1.165) is 17.5 Å². The zero-order chi connectivity index (χ0) is 25.0. The van der Waals surface area contributed by atoms with Crippen molar-refractivity contribution in [2.75, 3.05) is 23.2 Å². The van der Waals surface area contributed by atoms with Gasteiger partial charge in [0.2, 0.25) is 0 Å². The Morgan fingerprint density at radius 2 is 1.85 bits per heavy atom. The highest BCUT2D eigenvalue weighted by atomic mass is 32.2. The minimum Gasteiger partial charge on any atom is -0.454 e. The van der Waals surface area contributed by atoms with E-state index in [9.17, 15) is 22.0 Å². The third-order valence-corrected chi connectivity index (χ3v) is 6.50. The van der Waals surface area contributed by atoms with Crippen molar-refractivity contribution < 1.29 is 21.9 Å². The van der Waals surface area contributed by atoms with E-state index in [-0.39, 0.29) is 23.6 Å². The minimum atomic E-state index is -3.80. The number of ether oxygens (including phenoxy) is 1. The Morgan fingerprint density at radius 3 is 2.47 bits per heavy atom. The largest absolute Gasteiger partial charge is 0.454 e. The molecule has 0 saturated carbocycles. The van der Waals surface area contributed by atoms with Crippen LogP contribution in [0.1, 0.15) is 13.3 Å². The van der Waals surface area contributed by atoms with Crippen LogP contribution in [-0.2, 0) is 17.1 Å². The Morgan fingerprint density at radius 1 is 1.15 bits per heavy atom. The molecule has 2 aromatic carbocycles. The van der Waals surface area contributed by atoms with Crippen LogP contribution in [0.25, 0.3) is 11.1 Å². The lowest BCUT2D eigenvalue weighted by atomic mass is 10.0. The van der Waals surface area contributed by atoms with E-state index in [1.54, 1.807) is 32.4 Å². The fourth-order valence-electron chi connectivity index (χ4n) is 3.40. The second-order valence-corrected chi connectivity index (χ2v) is 9.25. The molecule has 3 aromatic rings. The lowest BCUT2D eigenvalue weighted by Gasteiger charge is -2.24. The number of benzene rings is 2. The van der Waals surface area contributed by atoms with Gasteiger partial charge in [0.1, 0.15) is 17.3 Å². The summed E-state index contributed by atoms with van der Waals surface area (Å²) in [6, 6.07) is 9.12. The number of nitrogens with zero attached hydrogens (tertiary/aromatic N) is 2. The molecule has 0 saturated heterocycles. The zero-order valence-electron chi connectivity index (χ0n) is 19.0. The summed E-state index contributed by atoms with van der Waals surface area (Å²) >= 11 is 0. The average molecular weight is 490 g/mol. The summed E-state index contributed by atoms with van der Waals surface area (Å²) < 4.78 is 61.2. The van der Waals surface area contributed by atoms with Gasteiger partial charge in [-0.05, 0) is 42.8 Å². The monoisotopic (exact) mass is 489 g/mol. The van der Waals surface area contributed by atoms with Gasteiger partial charge in [-0.15, -0.1) is 0 Å². The number of anilines is 2. The number of halogens is 2. The summed E-state index contributed by atoms with van der Waals surface area (Å²) in [7, 11) is -0.627. The van der Waals surface area contributed by atoms with Crippen LogP contribution in [0.2, 0.25) is 0 Å². The predicted octanol–water partition coefficient (Wildman–Crippen LogP) is 4.85. The van der Waals surface area contributed by atoms with Gasteiger partial charge in [0.05, 0.1) is 5.69 Å². The first-order valence-corrected chi connectivity index (χ1v) is 11.9. The molecule has 0 amide bonds. The molecule has 180 valence electrons. The van der Waals surface area contributed by atoms with Crippen LogP contribution in [-0.4, -0.2) is 26.6 Å². The van der Waals surface area contributed by atoms with Gasteiger partial charge in [0, 0.05) is 49.4 Å². The van der Waals surface area contributed by atoms with Crippen molar-refractivity contribution in [3.63, 3.8) is 0 Å². The van der Waals surface area contributed by atoms with E-state index in [1.165, 1.54) is 21.0 Å². The average Bonchev–Trinajstić information content (AvgIpc) is 2.81. The quantitative estimate of drug-likeness (QED) is 0.465. The molecule has 0 fully saturated rings. The summed E-state index contributed by atoms with van der Waals surface area (Å²) in [5, 5.41) is 3.69. The Labute approximate surface area is 197 Å². The molecule has 0 bridgehead atoms. The molecule has 3 rings (SSSR count). The zero-order valence-corrected chi connectivity index (χ0v) is 19.8. The summed E-state index contributed by atoms with van der Waals surface area (Å²) in [5.74, 6) is -1.67. The summed E-state index contributed by atoms with van der Waals surface area (Å²) in [5.41, 5.74) is 1.28. The summed E-state index contributed by atoms with van der Waals surface area (Å²) in [6.45, 7) is 5.45. The fourth-order valence-corrected chi connectivity index (χ4v) is 4.42. The topological polar surface area (TPSA) is 80.6 Å². The van der Waals surface area contributed by atoms with Crippen LogP contribution in [0.3, 0.4) is 0 Å². The van der Waals surface area contributed by atoms with Gasteiger partial charge in [0.15, 0.2) is 11.6 Å². The van der Waals surface area contributed by atoms with E-state index in [1.807, 2.05) is 6.92 Å². The summed E-state index contributed by atoms with van der Waals surface area (Å²) in [4.78, 5) is 12.4. The van der Waals surface area contributed by atoms with E-state index < -0.39 is 21.7 Å². The van der Waals surface area contributed by atoms with Crippen molar-refractivity contribution in [2.45, 2.75) is 13.3 Å². The number of hydrogen-bond acceptors (Lipinski definition) is 5. The number of sulfonamides is 1. The molecule has 0 unspecified atom stereocenters. The second kappa shape index (κ2) is 10.1. The van der Waals surface area contributed by atoms with E-state index in [0.29, 0.717) is 35.0 Å². The first-order chi connectivity index (χ1) is 16.1. The second-order valence-electron chi connectivity index (χ2n) is 7.45. The van der Waals surface area contributed by atoms with E-state index in [4.69, 9.17) is 4.74 Å². The molecular formula is C24H25F2N3O4S. The lowest BCUT2D eigenvalue weighted by Crippen LogP contribution is -2.29. The maximum Gasteiger partial charge on any atom is 0.273 e. The Hall–Kier alpha value is -3.66. The van der Waals surface area contributed by atoms with Gasteiger partial charge >= 0.3 is 0 Å². The molecule has 0 aliphatic rings. The smallest absolute Gasteiger partial charge is 0.273 e. The predicted molar refractivity (Wildman–Crippen MR) is 130 cm³/mol. The van der Waals surface area contributed by atoms with Crippen molar-refractivity contribution in [3.05, 3.63) is 82.6 Å². The number of aryl methyl sites for hydroxylation is 1. The number of nitrogens with one attached hydrogen (secondary N) is 1. The van der Waals surface area contributed by atoms with Gasteiger partial charge in [-0.25, -0.2) is 17.2 Å². The maximum atomic E-state index is 14.3. The molecular weight excluding hydrogens is 464 g/mol. The van der Waals surface area contributed by atoms with Gasteiger partial charge < -0.3 is 14.6 Å². The standard InChI is InChI=1S/C24H25F2N3O4S/c1-5-11-29(34(31,32)6-2)18-8-10-22(33-23-9-7-17(25)13-20(23)26)19(14-18)16-12-21(27-3)24(30)28(4)15-16/h6-10,12-15,27H,2,5,11H2,1,3-4H3. The molecule has 0 aliphatic heterocycles. The molecule has 0 aliphatic carbocycles. The van der Waals surface area contributed by atoms with Gasteiger partial charge in [0.25, 0.3) is 15.6 Å². The van der Waals surface area contributed by atoms with Crippen LogP contribution in [0, 0.1) is 11.6 Å². The molecule has 7 nitrogen and oxygen atoms in total. The highest BCUT2D eigenvalue weighted by Gasteiger charge is 2.21. The highest BCUT2D eigenvalue weighted by Crippen LogP contribution is 2.38. The lowest BCUT2D eigenvalue weighted by molar-refractivity contribution is 0.439. The van der Waals surface area contributed by atoms with Crippen LogP contribution in [0.4, 0.5) is 20.2 Å². The van der Waals surface area contributed by atoms with Crippen LogP contribution >= 0.6 is 0 Å². The molecule has 1 heterocycles. The molecule has 0 radical (unpaired) electrons. The van der Waals surface area contributed by atoms with Crippen molar-refractivity contribution in [1.29, 1.82) is 0 Å². The van der Waals surface area contributed by atoms with Crippen molar-refractivity contribution >= 4 is 21.4 Å². The Kier molecular flexibility index (Phi) is 7.41. The van der Waals surface area contributed by atoms with Crippen molar-refractivity contribution in [3.8, 4) is 22.6 Å². The number of pyridine rings is 1.